The fourth-order valence-corrected chi connectivity index (χ4v) is 3.90. The number of ketones is 1. The van der Waals surface area contributed by atoms with E-state index in [-0.39, 0.29) is 5.78 Å². The molecule has 5 heteroatoms. The van der Waals surface area contributed by atoms with Crippen molar-refractivity contribution in [2.24, 2.45) is 0 Å². The Labute approximate surface area is 189 Å². The Kier molecular flexibility index (Phi) is 5.99. The third kappa shape index (κ3) is 3.97. The van der Waals surface area contributed by atoms with Crippen molar-refractivity contribution in [2.45, 2.75) is 0 Å². The van der Waals surface area contributed by atoms with Crippen LogP contribution in [-0.4, -0.2) is 43.9 Å². The Bertz CT molecular complexity index is 1170. The van der Waals surface area contributed by atoms with Gasteiger partial charge in [-0.2, -0.15) is 0 Å². The van der Waals surface area contributed by atoms with Crippen molar-refractivity contribution in [2.75, 3.05) is 38.0 Å². The number of carbonyl (C=O) groups is 1. The van der Waals surface area contributed by atoms with Crippen molar-refractivity contribution < 1.29 is 4.79 Å². The van der Waals surface area contributed by atoms with Crippen molar-refractivity contribution in [3.8, 4) is 22.3 Å². The van der Waals surface area contributed by atoms with E-state index in [1.165, 1.54) is 0 Å². The van der Waals surface area contributed by atoms with E-state index in [2.05, 4.69) is 9.97 Å². The quantitative estimate of drug-likeness (QED) is 0.401. The van der Waals surface area contributed by atoms with Crippen molar-refractivity contribution in [3.63, 3.8) is 0 Å². The van der Waals surface area contributed by atoms with Gasteiger partial charge in [0, 0.05) is 74.2 Å². The van der Waals surface area contributed by atoms with Crippen LogP contribution in [0.4, 0.5) is 11.4 Å². The Morgan fingerprint density at radius 3 is 1.34 bits per heavy atom. The first-order valence-corrected chi connectivity index (χ1v) is 10.5. The number of hydrogen-bond donors (Lipinski definition) is 0. The summed E-state index contributed by atoms with van der Waals surface area (Å²) in [6.07, 6.45) is 3.32. The van der Waals surface area contributed by atoms with Gasteiger partial charge in [0.1, 0.15) is 11.4 Å². The highest BCUT2D eigenvalue weighted by molar-refractivity contribution is 6.14. The van der Waals surface area contributed by atoms with Crippen LogP contribution >= 0.6 is 0 Å². The zero-order valence-electron chi connectivity index (χ0n) is 18.8. The van der Waals surface area contributed by atoms with Gasteiger partial charge in [-0.15, -0.1) is 0 Å². The first-order valence-electron chi connectivity index (χ1n) is 10.5. The number of carbonyl (C=O) groups excluding carboxylic acids is 1. The van der Waals surface area contributed by atoms with Gasteiger partial charge in [0.2, 0.25) is 5.78 Å². The number of aromatic nitrogens is 2. The number of nitrogens with zero attached hydrogens (tertiary/aromatic N) is 4. The van der Waals surface area contributed by atoms with E-state index >= 15 is 0 Å². The van der Waals surface area contributed by atoms with Gasteiger partial charge >= 0.3 is 0 Å². The van der Waals surface area contributed by atoms with E-state index in [4.69, 9.17) is 0 Å². The van der Waals surface area contributed by atoms with Gasteiger partial charge in [-0.05, 0) is 24.3 Å². The molecular weight excluding hydrogens is 396 g/mol. The molecule has 0 N–H and O–H groups in total. The number of benzene rings is 2. The summed E-state index contributed by atoms with van der Waals surface area (Å²) in [6.45, 7) is 0. The minimum absolute atomic E-state index is 0.196. The molecule has 5 nitrogen and oxygen atoms in total. The summed E-state index contributed by atoms with van der Waals surface area (Å²) in [4.78, 5) is 26.9. The summed E-state index contributed by atoms with van der Waals surface area (Å²) in [5.74, 6) is -0.196. The van der Waals surface area contributed by atoms with Crippen LogP contribution in [0.15, 0.2) is 85.2 Å². The maximum absolute atomic E-state index is 13.8. The highest BCUT2D eigenvalue weighted by Crippen LogP contribution is 2.35. The summed E-state index contributed by atoms with van der Waals surface area (Å²) in [5, 5.41) is 0. The highest BCUT2D eigenvalue weighted by Gasteiger charge is 2.23. The zero-order valence-corrected chi connectivity index (χ0v) is 18.8. The molecular formula is C27H26N4O. The topological polar surface area (TPSA) is 49.3 Å². The maximum Gasteiger partial charge on any atom is 0.230 e. The molecule has 2 aromatic carbocycles. The summed E-state index contributed by atoms with van der Waals surface area (Å²) in [7, 11) is 7.97. The van der Waals surface area contributed by atoms with Crippen LogP contribution in [0.3, 0.4) is 0 Å². The van der Waals surface area contributed by atoms with Gasteiger partial charge in [-0.3, -0.25) is 14.8 Å². The summed E-state index contributed by atoms with van der Waals surface area (Å²) >= 11 is 0. The van der Waals surface area contributed by atoms with Crippen molar-refractivity contribution in [1.29, 1.82) is 0 Å². The Hall–Kier alpha value is -3.99. The summed E-state index contributed by atoms with van der Waals surface area (Å²) in [5.41, 5.74) is 6.33. The number of hydrogen-bond acceptors (Lipinski definition) is 5. The lowest BCUT2D eigenvalue weighted by molar-refractivity contribution is 0.103. The monoisotopic (exact) mass is 422 g/mol. The second-order valence-corrected chi connectivity index (χ2v) is 7.95. The fourth-order valence-electron chi connectivity index (χ4n) is 3.90. The average Bonchev–Trinajstić information content (AvgIpc) is 2.83. The predicted octanol–water partition coefficient (Wildman–Crippen LogP) is 5.17. The third-order valence-electron chi connectivity index (χ3n) is 5.40. The van der Waals surface area contributed by atoms with Crippen LogP contribution in [0, 0.1) is 0 Å². The van der Waals surface area contributed by atoms with Crippen LogP contribution in [0.1, 0.15) is 16.2 Å². The summed E-state index contributed by atoms with van der Waals surface area (Å²) < 4.78 is 0. The third-order valence-corrected chi connectivity index (χ3v) is 5.40. The van der Waals surface area contributed by atoms with Gasteiger partial charge in [-0.1, -0.05) is 48.5 Å². The summed E-state index contributed by atoms with van der Waals surface area (Å²) in [6, 6.07) is 23.7. The second-order valence-electron chi connectivity index (χ2n) is 7.95. The van der Waals surface area contributed by atoms with Crippen LogP contribution in [0.25, 0.3) is 22.3 Å². The van der Waals surface area contributed by atoms with Crippen molar-refractivity contribution >= 4 is 17.2 Å². The van der Waals surface area contributed by atoms with Gasteiger partial charge in [0.15, 0.2) is 0 Å². The number of pyridine rings is 2. The Balaban J connectivity index is 1.88. The molecule has 0 bridgehead atoms. The first-order chi connectivity index (χ1) is 15.5. The van der Waals surface area contributed by atoms with E-state index in [0.29, 0.717) is 11.4 Å². The van der Waals surface area contributed by atoms with Gasteiger partial charge in [0.25, 0.3) is 0 Å². The second kappa shape index (κ2) is 9.02. The SMILES string of the molecule is CN(C)c1ccccc1-c1cccnc1C(=O)c1ncccc1-c1ccccc1N(C)C. The smallest absolute Gasteiger partial charge is 0.230 e. The zero-order chi connectivity index (χ0) is 22.7. The largest absolute Gasteiger partial charge is 0.377 e. The molecule has 0 saturated carbocycles. The molecule has 0 unspecified atom stereocenters. The van der Waals surface area contributed by atoms with E-state index in [0.717, 1.165) is 33.6 Å². The van der Waals surface area contributed by atoms with E-state index < -0.39 is 0 Å². The highest BCUT2D eigenvalue weighted by atomic mass is 16.1. The lowest BCUT2D eigenvalue weighted by Crippen LogP contribution is -2.14. The molecule has 0 aliphatic rings. The molecule has 0 amide bonds. The molecule has 0 fully saturated rings. The van der Waals surface area contributed by atoms with E-state index in [9.17, 15) is 4.79 Å². The van der Waals surface area contributed by atoms with Crippen LogP contribution in [0.5, 0.6) is 0 Å². The Morgan fingerprint density at radius 1 is 0.562 bits per heavy atom. The molecule has 0 aliphatic carbocycles. The van der Waals surface area contributed by atoms with Crippen LogP contribution in [-0.2, 0) is 0 Å². The molecule has 0 radical (unpaired) electrons. The fraction of sp³-hybridized carbons (Fsp3) is 0.148. The molecule has 0 aliphatic heterocycles. The van der Waals surface area contributed by atoms with Gasteiger partial charge < -0.3 is 9.80 Å². The van der Waals surface area contributed by atoms with Gasteiger partial charge in [-0.25, -0.2) is 0 Å². The molecule has 2 heterocycles. The molecule has 4 aromatic rings. The normalized spacial score (nSPS) is 10.6. The number of anilines is 2. The van der Waals surface area contributed by atoms with E-state index in [1.807, 2.05) is 111 Å². The number of para-hydroxylation sites is 2. The molecule has 4 rings (SSSR count). The van der Waals surface area contributed by atoms with Crippen molar-refractivity contribution in [1.82, 2.24) is 9.97 Å². The standard InChI is InChI=1S/C27H26N4O/c1-30(2)23-15-7-5-11-19(23)21-13-9-17-28-25(21)27(32)26-22(14-10-18-29-26)20-12-6-8-16-24(20)31(3)4/h5-18H,1-4H3. The lowest BCUT2D eigenvalue weighted by atomic mass is 9.94. The molecule has 32 heavy (non-hydrogen) atoms. The minimum atomic E-state index is -0.196. The number of rotatable bonds is 6. The molecule has 160 valence electrons. The molecule has 0 atom stereocenters. The maximum atomic E-state index is 13.8. The molecule has 0 spiro atoms. The Morgan fingerprint density at radius 2 is 0.938 bits per heavy atom. The van der Waals surface area contributed by atoms with Crippen LogP contribution in [0.2, 0.25) is 0 Å². The molecule has 2 aromatic heterocycles. The molecule has 0 saturated heterocycles. The van der Waals surface area contributed by atoms with E-state index in [1.54, 1.807) is 12.4 Å². The average molecular weight is 423 g/mol. The lowest BCUT2D eigenvalue weighted by Gasteiger charge is -2.20. The van der Waals surface area contributed by atoms with Crippen LogP contribution < -0.4 is 9.80 Å². The first kappa shape index (κ1) is 21.2. The van der Waals surface area contributed by atoms with Crippen molar-refractivity contribution in [3.05, 3.63) is 96.6 Å². The minimum Gasteiger partial charge on any atom is -0.377 e. The predicted molar refractivity (Wildman–Crippen MR) is 131 cm³/mol. The van der Waals surface area contributed by atoms with Gasteiger partial charge in [0.05, 0.1) is 0 Å².